The number of hydrogen-bond donors (Lipinski definition) is 2. The molecule has 3 atom stereocenters. The number of carbonyl (C=O) groups is 1. The van der Waals surface area contributed by atoms with Gasteiger partial charge in [0.2, 0.25) is 5.91 Å². The number of aliphatic hydroxyl groups is 1. The molecule has 1 aliphatic carbocycles. The van der Waals surface area contributed by atoms with Gasteiger partial charge in [0.1, 0.15) is 21.9 Å². The molecule has 4 heterocycles. The first kappa shape index (κ1) is 28.4. The van der Waals surface area contributed by atoms with Crippen molar-refractivity contribution < 1.29 is 14.1 Å². The van der Waals surface area contributed by atoms with Crippen LogP contribution in [0.4, 0.5) is 0 Å². The molecule has 5 rings (SSSR count). The third kappa shape index (κ3) is 5.58. The summed E-state index contributed by atoms with van der Waals surface area (Å²) in [7, 11) is -1.47. The molecule has 3 fully saturated rings. The van der Waals surface area contributed by atoms with Gasteiger partial charge in [-0.3, -0.25) is 9.69 Å². The second kappa shape index (κ2) is 12.2. The highest BCUT2D eigenvalue weighted by molar-refractivity contribution is 7.83. The minimum absolute atomic E-state index is 0.0620. The molecule has 0 aromatic carbocycles. The number of aromatic nitrogens is 3. The number of hydrogen-bond acceptors (Lipinski definition) is 6. The molecular formula is C29H44N6O3S. The van der Waals surface area contributed by atoms with Crippen LogP contribution in [0.25, 0.3) is 5.82 Å². The van der Waals surface area contributed by atoms with E-state index in [1.54, 1.807) is 6.20 Å². The lowest BCUT2D eigenvalue weighted by Gasteiger charge is -2.52. The first-order valence-electron chi connectivity index (χ1n) is 14.7. The molecule has 0 radical (unpaired) electrons. The van der Waals surface area contributed by atoms with Crippen LogP contribution in [0, 0.1) is 19.8 Å². The van der Waals surface area contributed by atoms with Crippen molar-refractivity contribution in [2.45, 2.75) is 102 Å². The first-order chi connectivity index (χ1) is 18.9. The molecule has 0 bridgehead atoms. The van der Waals surface area contributed by atoms with Gasteiger partial charge in [-0.05, 0) is 64.0 Å². The normalized spacial score (nSPS) is 25.6. The number of piperidine rings is 1. The number of rotatable bonds is 8. The molecule has 3 aliphatic rings. The van der Waals surface area contributed by atoms with Crippen molar-refractivity contribution in [3.05, 3.63) is 41.3 Å². The number of unbranched alkanes of at least 4 members (excludes halogenated alkanes) is 1. The van der Waals surface area contributed by atoms with E-state index in [0.29, 0.717) is 19.4 Å². The van der Waals surface area contributed by atoms with Crippen LogP contribution in [0.5, 0.6) is 0 Å². The minimum atomic E-state index is -1.47. The fourth-order valence-corrected chi connectivity index (χ4v) is 8.52. The summed E-state index contributed by atoms with van der Waals surface area (Å²) in [4.78, 5) is 20.6. The molecule has 2 aliphatic heterocycles. The van der Waals surface area contributed by atoms with Crippen LogP contribution >= 0.6 is 0 Å². The van der Waals surface area contributed by atoms with E-state index in [0.717, 1.165) is 75.4 Å². The monoisotopic (exact) mass is 556 g/mol. The quantitative estimate of drug-likeness (QED) is 0.517. The van der Waals surface area contributed by atoms with E-state index < -0.39 is 28.0 Å². The molecule has 1 spiro atoms. The lowest BCUT2D eigenvalue weighted by molar-refractivity contribution is -0.136. The summed E-state index contributed by atoms with van der Waals surface area (Å²) in [6.07, 6.45) is 9.34. The molecule has 10 heteroatoms. The third-order valence-corrected chi connectivity index (χ3v) is 10.9. The van der Waals surface area contributed by atoms with E-state index in [-0.39, 0.29) is 11.8 Å². The third-order valence-electron chi connectivity index (χ3n) is 9.14. The first-order valence-corrected chi connectivity index (χ1v) is 15.9. The Kier molecular flexibility index (Phi) is 8.85. The largest absolute Gasteiger partial charge is 0.390 e. The summed E-state index contributed by atoms with van der Waals surface area (Å²) in [5, 5.41) is 18.3. The number of amides is 1. The predicted molar refractivity (Wildman–Crippen MR) is 152 cm³/mol. The average Bonchev–Trinajstić information content (AvgIpc) is 3.25. The van der Waals surface area contributed by atoms with E-state index in [1.807, 2.05) is 34.1 Å². The van der Waals surface area contributed by atoms with E-state index in [1.165, 1.54) is 12.0 Å². The van der Waals surface area contributed by atoms with Crippen LogP contribution in [-0.4, -0.2) is 75.8 Å². The minimum Gasteiger partial charge on any atom is -0.390 e. The lowest BCUT2D eigenvalue weighted by atomic mass is 9.83. The summed E-state index contributed by atoms with van der Waals surface area (Å²) in [6.45, 7) is 9.06. The lowest BCUT2D eigenvalue weighted by Crippen LogP contribution is -2.72. The van der Waals surface area contributed by atoms with Gasteiger partial charge in [-0.25, -0.2) is 18.2 Å². The van der Waals surface area contributed by atoms with E-state index in [9.17, 15) is 14.1 Å². The van der Waals surface area contributed by atoms with Crippen molar-refractivity contribution in [2.75, 3.05) is 19.6 Å². The van der Waals surface area contributed by atoms with Crippen molar-refractivity contribution in [1.82, 2.24) is 29.3 Å². The fourth-order valence-electron chi connectivity index (χ4n) is 6.66. The molecule has 2 aromatic heterocycles. The van der Waals surface area contributed by atoms with Crippen molar-refractivity contribution >= 4 is 16.9 Å². The summed E-state index contributed by atoms with van der Waals surface area (Å²) in [5.41, 5.74) is 2.46. The summed E-state index contributed by atoms with van der Waals surface area (Å²) >= 11 is 0. The predicted octanol–water partition coefficient (Wildman–Crippen LogP) is 3.38. The smallest absolute Gasteiger partial charge is 0.242 e. The molecule has 214 valence electrons. The van der Waals surface area contributed by atoms with Crippen molar-refractivity contribution in [1.29, 1.82) is 0 Å². The number of pyridine rings is 1. The molecule has 2 saturated heterocycles. The van der Waals surface area contributed by atoms with Crippen molar-refractivity contribution in [3.8, 4) is 5.82 Å². The highest BCUT2D eigenvalue weighted by Crippen LogP contribution is 2.38. The second-order valence-corrected chi connectivity index (χ2v) is 13.1. The SMILES string of the molecule is CCCCN1S(=O)[C@@H]([C@H](O)C2CCCCC2)NC(=O)C12CCN(Cc1c(C)nn(-c3ccccn3)c1C)CC2. The number of nitrogens with one attached hydrogen (secondary N) is 1. The Labute approximate surface area is 234 Å². The van der Waals surface area contributed by atoms with Gasteiger partial charge >= 0.3 is 0 Å². The van der Waals surface area contributed by atoms with Gasteiger partial charge in [0, 0.05) is 43.6 Å². The topological polar surface area (TPSA) is 104 Å². The molecular weight excluding hydrogens is 512 g/mol. The number of nitrogens with zero attached hydrogens (tertiary/aromatic N) is 5. The van der Waals surface area contributed by atoms with Gasteiger partial charge in [0.05, 0.1) is 11.8 Å². The maximum atomic E-state index is 14.0. The van der Waals surface area contributed by atoms with E-state index in [2.05, 4.69) is 29.0 Å². The number of likely N-dealkylation sites (tertiary alicyclic amines) is 1. The molecule has 2 N–H and O–H groups in total. The van der Waals surface area contributed by atoms with Crippen LogP contribution < -0.4 is 5.32 Å². The standard InChI is InChI=1S/C29H44N6O3S/c1-4-5-17-34-29(28(37)31-27(39(34)38)26(36)23-11-7-6-8-12-23)14-18-33(19-15-29)20-24-21(2)32-35(22(24)3)25-13-9-10-16-30-25/h9-10,13,16,23,26-27,36H,4-8,11-12,14-15,17-20H2,1-3H3,(H,31,37)/t26-,27+,39?/m1/s1. The molecule has 2 aromatic rings. The fraction of sp³-hybridized carbons (Fsp3) is 0.690. The summed E-state index contributed by atoms with van der Waals surface area (Å²) < 4.78 is 17.8. The zero-order valence-corrected chi connectivity index (χ0v) is 24.5. The molecule has 39 heavy (non-hydrogen) atoms. The Morgan fingerprint density at radius 3 is 2.59 bits per heavy atom. The maximum absolute atomic E-state index is 14.0. The van der Waals surface area contributed by atoms with Gasteiger partial charge in [-0.15, -0.1) is 0 Å². The Balaban J connectivity index is 1.30. The van der Waals surface area contributed by atoms with Crippen LogP contribution in [0.3, 0.4) is 0 Å². The Hall–Kier alpha value is -2.14. The molecule has 1 saturated carbocycles. The highest BCUT2D eigenvalue weighted by atomic mass is 32.2. The molecule has 9 nitrogen and oxygen atoms in total. The molecule has 1 amide bonds. The van der Waals surface area contributed by atoms with Crippen LogP contribution in [-0.2, 0) is 22.3 Å². The van der Waals surface area contributed by atoms with Crippen molar-refractivity contribution in [3.63, 3.8) is 0 Å². The van der Waals surface area contributed by atoms with E-state index in [4.69, 9.17) is 5.10 Å². The van der Waals surface area contributed by atoms with Crippen LogP contribution in [0.2, 0.25) is 0 Å². The van der Waals surface area contributed by atoms with Crippen LogP contribution in [0.1, 0.15) is 81.7 Å². The van der Waals surface area contributed by atoms with Crippen LogP contribution in [0.15, 0.2) is 24.4 Å². The van der Waals surface area contributed by atoms with Gasteiger partial charge in [0.25, 0.3) is 0 Å². The summed E-state index contributed by atoms with van der Waals surface area (Å²) in [5.74, 6) is 0.850. The number of carbonyl (C=O) groups excluding carboxylic acids is 1. The Morgan fingerprint density at radius 2 is 1.92 bits per heavy atom. The Morgan fingerprint density at radius 1 is 1.18 bits per heavy atom. The Bertz CT molecular complexity index is 1160. The van der Waals surface area contributed by atoms with Gasteiger partial charge < -0.3 is 10.4 Å². The van der Waals surface area contributed by atoms with Crippen molar-refractivity contribution in [2.24, 2.45) is 5.92 Å². The average molecular weight is 557 g/mol. The summed E-state index contributed by atoms with van der Waals surface area (Å²) in [6, 6.07) is 5.82. The van der Waals surface area contributed by atoms with Gasteiger partial charge in [0.15, 0.2) is 5.82 Å². The number of aryl methyl sites for hydroxylation is 1. The van der Waals surface area contributed by atoms with Gasteiger partial charge in [-0.1, -0.05) is 38.7 Å². The second-order valence-electron chi connectivity index (χ2n) is 11.6. The van der Waals surface area contributed by atoms with Gasteiger partial charge in [-0.2, -0.15) is 5.10 Å². The van der Waals surface area contributed by atoms with E-state index >= 15 is 0 Å². The zero-order valence-electron chi connectivity index (χ0n) is 23.6. The number of aliphatic hydroxyl groups excluding tert-OH is 1. The molecule has 1 unspecified atom stereocenters. The maximum Gasteiger partial charge on any atom is 0.242 e. The zero-order chi connectivity index (χ0) is 27.6. The highest BCUT2D eigenvalue weighted by Gasteiger charge is 2.55.